The number of hydrogen-bond donors (Lipinski definition) is 3. The third-order valence-electron chi connectivity index (χ3n) is 6.34. The smallest absolute Gasteiger partial charge is 0.460 e. The lowest BCUT2D eigenvalue weighted by Crippen LogP contribution is -2.47. The Balaban J connectivity index is 1.34. The first kappa shape index (κ1) is 28.3. The Morgan fingerprint density at radius 1 is 1.39 bits per heavy atom. The number of esters is 1. The molecule has 0 amide bonds. The molecule has 0 bridgehead atoms. The Morgan fingerprint density at radius 2 is 2.11 bits per heavy atom. The number of hydrogen-bond acceptors (Lipinski definition) is 11. The van der Waals surface area contributed by atoms with Gasteiger partial charge in [-0.2, -0.15) is 9.97 Å². The molecule has 5 atom stereocenters. The molecular weight excluding hydrogens is 535 g/mol. The van der Waals surface area contributed by atoms with Gasteiger partial charge in [-0.3, -0.25) is 14.7 Å². The van der Waals surface area contributed by atoms with Crippen LogP contribution in [-0.2, 0) is 30.0 Å². The van der Waals surface area contributed by atoms with E-state index in [4.69, 9.17) is 31.3 Å². The van der Waals surface area contributed by atoms with Gasteiger partial charge in [0.25, 0.3) is 0 Å². The fourth-order valence-electron chi connectivity index (χ4n) is 4.14. The van der Waals surface area contributed by atoms with E-state index in [9.17, 15) is 14.5 Å². The van der Waals surface area contributed by atoms with Gasteiger partial charge in [0.1, 0.15) is 36.6 Å². The molecule has 1 fully saturated rings. The van der Waals surface area contributed by atoms with Gasteiger partial charge in [0.15, 0.2) is 11.5 Å². The molecular formula is C24H31ClN6O6P+. The number of carbonyl (C=O) groups is 1. The van der Waals surface area contributed by atoms with E-state index in [2.05, 4.69) is 20.3 Å². The van der Waals surface area contributed by atoms with Gasteiger partial charge >= 0.3 is 14.0 Å². The van der Waals surface area contributed by atoms with Crippen LogP contribution in [0.5, 0.6) is 0 Å². The van der Waals surface area contributed by atoms with Crippen molar-refractivity contribution in [3.05, 3.63) is 47.5 Å². The number of nitrogens with one attached hydrogen (secondary N) is 1. The number of ether oxygens (including phenoxy) is 2. The van der Waals surface area contributed by atoms with Crippen molar-refractivity contribution < 1.29 is 28.5 Å². The molecule has 0 aliphatic carbocycles. The summed E-state index contributed by atoms with van der Waals surface area (Å²) in [7, 11) is -2.33. The van der Waals surface area contributed by atoms with Gasteiger partial charge in [0.2, 0.25) is 10.6 Å². The Labute approximate surface area is 225 Å². The fourth-order valence-corrected chi connectivity index (χ4v) is 5.31. The number of benzene rings is 1. The molecule has 3 aromatic rings. The standard InChI is InChI=1S/C24H31ClN6O6P/c1-14(21(33)35-11-15-8-6-5-7-9-15)30-23(2,3)38(34)36-12-24(4)16(32)10-17(37-24)31-13-27-18-19(26)28-22(25)29-20(18)31/h5-9,13-14,16-17,30,32H,10-12H2,1-4H3,(H2,26,28,29)/q+1/t14-,16-,17+,24+/m0/s1. The lowest BCUT2D eigenvalue weighted by Gasteiger charge is -2.26. The van der Waals surface area contributed by atoms with Crippen LogP contribution < -0.4 is 11.1 Å². The van der Waals surface area contributed by atoms with Crippen molar-refractivity contribution in [2.24, 2.45) is 0 Å². The van der Waals surface area contributed by atoms with Crippen molar-refractivity contribution in [3.8, 4) is 0 Å². The number of anilines is 1. The monoisotopic (exact) mass is 565 g/mol. The number of fused-ring (bicyclic) bond motifs is 1. The number of imidazole rings is 1. The Bertz CT molecular complexity index is 1320. The minimum absolute atomic E-state index is 0.0358. The number of nitrogens with two attached hydrogens (primary N) is 1. The third kappa shape index (κ3) is 6.12. The molecule has 4 rings (SSSR count). The molecule has 0 saturated carbocycles. The number of rotatable bonds is 10. The summed E-state index contributed by atoms with van der Waals surface area (Å²) in [4.78, 5) is 24.8. The second-order valence-corrected chi connectivity index (χ2v) is 12.1. The van der Waals surface area contributed by atoms with E-state index in [1.165, 1.54) is 6.33 Å². The van der Waals surface area contributed by atoms with E-state index in [1.807, 2.05) is 30.3 Å². The zero-order chi connectivity index (χ0) is 27.7. The van der Waals surface area contributed by atoms with Crippen molar-refractivity contribution in [3.63, 3.8) is 0 Å². The van der Waals surface area contributed by atoms with Gasteiger partial charge in [-0.25, -0.2) is 4.98 Å². The highest BCUT2D eigenvalue weighted by Crippen LogP contribution is 2.43. The number of aromatic nitrogens is 4. The van der Waals surface area contributed by atoms with Crippen LogP contribution in [0.25, 0.3) is 11.2 Å². The van der Waals surface area contributed by atoms with Crippen LogP contribution >= 0.6 is 19.6 Å². The Kier molecular flexibility index (Phi) is 8.32. The summed E-state index contributed by atoms with van der Waals surface area (Å²) >= 11 is 5.95. The minimum Gasteiger partial charge on any atom is -0.460 e. The number of aliphatic hydroxyl groups is 1. The molecule has 4 N–H and O–H groups in total. The summed E-state index contributed by atoms with van der Waals surface area (Å²) in [6.07, 6.45) is 0.112. The van der Waals surface area contributed by atoms with E-state index >= 15 is 0 Å². The number of nitrogens with zero attached hydrogens (tertiary/aromatic N) is 4. The molecule has 1 aliphatic rings. The lowest BCUT2D eigenvalue weighted by molar-refractivity contribution is -0.147. The molecule has 1 saturated heterocycles. The fraction of sp³-hybridized carbons (Fsp3) is 0.500. The number of aliphatic hydroxyl groups excluding tert-OH is 1. The first-order valence-electron chi connectivity index (χ1n) is 12.0. The van der Waals surface area contributed by atoms with Crippen molar-refractivity contribution in [1.82, 2.24) is 24.8 Å². The zero-order valence-corrected chi connectivity index (χ0v) is 23.1. The quantitative estimate of drug-likeness (QED) is 0.188. The van der Waals surface area contributed by atoms with E-state index in [-0.39, 0.29) is 30.7 Å². The van der Waals surface area contributed by atoms with Gasteiger partial charge in [-0.15, -0.1) is 4.52 Å². The predicted molar refractivity (Wildman–Crippen MR) is 140 cm³/mol. The van der Waals surface area contributed by atoms with Gasteiger partial charge in [-0.05, 0) is 35.6 Å². The molecule has 2 aromatic heterocycles. The number of halogens is 1. The average molecular weight is 566 g/mol. The van der Waals surface area contributed by atoms with Gasteiger partial charge < -0.3 is 20.3 Å². The molecule has 38 heavy (non-hydrogen) atoms. The van der Waals surface area contributed by atoms with Crippen LogP contribution in [0.4, 0.5) is 5.82 Å². The largest absolute Gasteiger partial charge is 0.530 e. The van der Waals surface area contributed by atoms with E-state index in [0.29, 0.717) is 11.2 Å². The SMILES string of the molecule is C[C@H](NC(C)(C)[P+](=O)OC[C@@]1(C)O[C@@H](n2cnc3c(N)nc(Cl)nc32)C[C@@H]1O)C(=O)OCc1ccccc1. The molecule has 1 aromatic carbocycles. The molecule has 3 heterocycles. The molecule has 1 aliphatic heterocycles. The molecule has 0 radical (unpaired) electrons. The molecule has 204 valence electrons. The van der Waals surface area contributed by atoms with Crippen LogP contribution in [0.1, 0.15) is 45.9 Å². The summed E-state index contributed by atoms with van der Waals surface area (Å²) in [5, 5.41) is 12.7. The van der Waals surface area contributed by atoms with Crippen molar-refractivity contribution in [2.45, 2.75) is 70.0 Å². The predicted octanol–water partition coefficient (Wildman–Crippen LogP) is 3.32. The number of nitrogen functional groups attached to an aromatic ring is 1. The summed E-state index contributed by atoms with van der Waals surface area (Å²) < 4.78 is 31.9. The van der Waals surface area contributed by atoms with Crippen molar-refractivity contribution in [1.29, 1.82) is 0 Å². The van der Waals surface area contributed by atoms with Crippen LogP contribution in [0, 0.1) is 0 Å². The average Bonchev–Trinajstić information content (AvgIpc) is 3.42. The maximum absolute atomic E-state index is 13.1. The normalized spacial score (nSPS) is 22.9. The highest BCUT2D eigenvalue weighted by atomic mass is 35.5. The van der Waals surface area contributed by atoms with Crippen LogP contribution in [-0.4, -0.2) is 60.2 Å². The summed E-state index contributed by atoms with van der Waals surface area (Å²) in [5.74, 6) is -0.347. The highest BCUT2D eigenvalue weighted by Gasteiger charge is 2.51. The maximum atomic E-state index is 13.1. The summed E-state index contributed by atoms with van der Waals surface area (Å²) in [6, 6.07) is 8.59. The van der Waals surface area contributed by atoms with Gasteiger partial charge in [0, 0.05) is 20.3 Å². The second-order valence-electron chi connectivity index (χ2n) is 9.89. The van der Waals surface area contributed by atoms with Crippen molar-refractivity contribution in [2.75, 3.05) is 12.3 Å². The topological polar surface area (TPSA) is 164 Å². The second kappa shape index (κ2) is 11.2. The minimum atomic E-state index is -2.33. The van der Waals surface area contributed by atoms with E-state index in [0.717, 1.165) is 5.56 Å². The first-order valence-corrected chi connectivity index (χ1v) is 13.5. The number of carbonyl (C=O) groups excluding carboxylic acids is 1. The maximum Gasteiger partial charge on any atom is 0.530 e. The molecule has 12 nitrogen and oxygen atoms in total. The van der Waals surface area contributed by atoms with E-state index < -0.39 is 43.3 Å². The van der Waals surface area contributed by atoms with E-state index in [1.54, 1.807) is 32.3 Å². The van der Waals surface area contributed by atoms with Crippen molar-refractivity contribution >= 4 is 42.6 Å². The van der Waals surface area contributed by atoms with Crippen LogP contribution in [0.2, 0.25) is 5.28 Å². The van der Waals surface area contributed by atoms with Crippen LogP contribution in [0.15, 0.2) is 36.7 Å². The summed E-state index contributed by atoms with van der Waals surface area (Å²) in [6.45, 7) is 6.60. The Morgan fingerprint density at radius 3 is 2.82 bits per heavy atom. The molecule has 14 heteroatoms. The Hall–Kier alpha value is -2.73. The van der Waals surface area contributed by atoms with Crippen LogP contribution in [0.3, 0.4) is 0 Å². The molecule has 0 spiro atoms. The lowest BCUT2D eigenvalue weighted by atomic mass is 10.0. The van der Waals surface area contributed by atoms with Gasteiger partial charge in [-0.1, -0.05) is 30.3 Å². The van der Waals surface area contributed by atoms with Gasteiger partial charge in [0.05, 0.1) is 12.4 Å². The molecule has 1 unspecified atom stereocenters. The third-order valence-corrected chi connectivity index (χ3v) is 7.91. The first-order chi connectivity index (χ1) is 17.9. The summed E-state index contributed by atoms with van der Waals surface area (Å²) in [5.41, 5.74) is 6.31. The zero-order valence-electron chi connectivity index (χ0n) is 21.5. The highest BCUT2D eigenvalue weighted by molar-refractivity contribution is 7.41.